The van der Waals surface area contributed by atoms with Crippen LogP contribution in [-0.2, 0) is 4.79 Å². The fourth-order valence-corrected chi connectivity index (χ4v) is 0.761. The first-order chi connectivity index (χ1) is 5.76. The predicted octanol–water partition coefficient (Wildman–Crippen LogP) is 3.34. The molecule has 0 aromatic heterocycles. The molecule has 0 N–H and O–H groups in total. The summed E-state index contributed by atoms with van der Waals surface area (Å²) >= 11 is 5.34. The zero-order chi connectivity index (χ0) is 9.98. The SMILES string of the molecule is C/C=C\C(=C/C)C(=O)CCl.CC. The Hall–Kier alpha value is -0.560. The van der Waals surface area contributed by atoms with E-state index < -0.39 is 0 Å². The molecule has 0 radical (unpaired) electrons. The highest BCUT2D eigenvalue weighted by Gasteiger charge is 2.00. The molecule has 0 amide bonds. The number of alkyl halides is 1. The highest BCUT2D eigenvalue weighted by atomic mass is 35.5. The van der Waals surface area contributed by atoms with Crippen molar-refractivity contribution in [1.29, 1.82) is 0 Å². The van der Waals surface area contributed by atoms with E-state index in [1.165, 1.54) is 0 Å². The van der Waals surface area contributed by atoms with Crippen LogP contribution in [0.25, 0.3) is 0 Å². The molecule has 0 rings (SSSR count). The second-order valence-corrected chi connectivity index (χ2v) is 2.07. The number of carbonyl (C=O) groups is 1. The number of allylic oxidation sites excluding steroid dienone is 4. The predicted molar refractivity (Wildman–Crippen MR) is 55.6 cm³/mol. The van der Waals surface area contributed by atoms with Crippen LogP contribution in [-0.4, -0.2) is 11.7 Å². The molecule has 0 saturated carbocycles. The molecule has 0 spiro atoms. The topological polar surface area (TPSA) is 17.1 Å². The molecule has 0 bridgehead atoms. The van der Waals surface area contributed by atoms with Crippen LogP contribution >= 0.6 is 11.6 Å². The molecule has 0 heterocycles. The summed E-state index contributed by atoms with van der Waals surface area (Å²) in [6, 6.07) is 0. The third-order valence-electron chi connectivity index (χ3n) is 1.10. The van der Waals surface area contributed by atoms with Gasteiger partial charge in [-0.15, -0.1) is 11.6 Å². The van der Waals surface area contributed by atoms with E-state index in [2.05, 4.69) is 0 Å². The van der Waals surface area contributed by atoms with Gasteiger partial charge in [0.15, 0.2) is 5.78 Å². The van der Waals surface area contributed by atoms with Crippen LogP contribution in [0.1, 0.15) is 27.7 Å². The third-order valence-corrected chi connectivity index (χ3v) is 1.34. The van der Waals surface area contributed by atoms with Crippen LogP contribution in [0.2, 0.25) is 0 Å². The molecule has 0 unspecified atom stereocenters. The Balaban J connectivity index is 0. The van der Waals surface area contributed by atoms with Gasteiger partial charge < -0.3 is 0 Å². The van der Waals surface area contributed by atoms with Crippen molar-refractivity contribution in [3.05, 3.63) is 23.8 Å². The molecule has 0 aliphatic heterocycles. The van der Waals surface area contributed by atoms with Gasteiger partial charge in [-0.25, -0.2) is 0 Å². The first-order valence-corrected chi connectivity index (χ1v) is 4.67. The largest absolute Gasteiger partial charge is 0.293 e. The van der Waals surface area contributed by atoms with Gasteiger partial charge in [0, 0.05) is 5.57 Å². The van der Waals surface area contributed by atoms with E-state index in [4.69, 9.17) is 11.6 Å². The minimum absolute atomic E-state index is 0.0257. The van der Waals surface area contributed by atoms with Crippen molar-refractivity contribution in [1.82, 2.24) is 0 Å². The van der Waals surface area contributed by atoms with Gasteiger partial charge in [-0.05, 0) is 13.8 Å². The minimum atomic E-state index is -0.0257. The molecule has 12 heavy (non-hydrogen) atoms. The van der Waals surface area contributed by atoms with Gasteiger partial charge in [-0.1, -0.05) is 32.1 Å². The summed E-state index contributed by atoms with van der Waals surface area (Å²) in [5.74, 6) is 0.0339. The molecule has 0 aliphatic carbocycles. The van der Waals surface area contributed by atoms with Gasteiger partial charge in [0.25, 0.3) is 0 Å². The number of rotatable bonds is 3. The van der Waals surface area contributed by atoms with Crippen molar-refractivity contribution in [2.45, 2.75) is 27.7 Å². The fourth-order valence-electron chi connectivity index (χ4n) is 0.607. The summed E-state index contributed by atoms with van der Waals surface area (Å²) in [7, 11) is 0. The summed E-state index contributed by atoms with van der Waals surface area (Å²) in [4.78, 5) is 10.9. The van der Waals surface area contributed by atoms with Crippen LogP contribution in [0, 0.1) is 0 Å². The molecule has 0 saturated heterocycles. The van der Waals surface area contributed by atoms with Crippen molar-refractivity contribution in [2.24, 2.45) is 0 Å². The van der Waals surface area contributed by atoms with Gasteiger partial charge in [-0.2, -0.15) is 0 Å². The highest BCUT2D eigenvalue weighted by molar-refractivity contribution is 6.30. The van der Waals surface area contributed by atoms with Gasteiger partial charge >= 0.3 is 0 Å². The molecule has 0 aromatic rings. The van der Waals surface area contributed by atoms with E-state index >= 15 is 0 Å². The molecular weight excluding hydrogens is 172 g/mol. The van der Waals surface area contributed by atoms with Crippen LogP contribution in [0.3, 0.4) is 0 Å². The average molecular weight is 189 g/mol. The summed E-state index contributed by atoms with van der Waals surface area (Å²) < 4.78 is 0. The Kier molecular flexibility index (Phi) is 12.2. The van der Waals surface area contributed by atoms with E-state index in [0.717, 1.165) is 0 Å². The minimum Gasteiger partial charge on any atom is -0.293 e. The lowest BCUT2D eigenvalue weighted by Crippen LogP contribution is -2.00. The van der Waals surface area contributed by atoms with Gasteiger partial charge in [0.05, 0.1) is 5.88 Å². The van der Waals surface area contributed by atoms with Crippen molar-refractivity contribution >= 4 is 17.4 Å². The van der Waals surface area contributed by atoms with Crippen molar-refractivity contribution in [2.75, 3.05) is 5.88 Å². The highest BCUT2D eigenvalue weighted by Crippen LogP contribution is 1.99. The Bertz CT molecular complexity index is 169. The van der Waals surface area contributed by atoms with Gasteiger partial charge in [0.2, 0.25) is 0 Å². The second kappa shape index (κ2) is 10.4. The molecule has 0 aromatic carbocycles. The third kappa shape index (κ3) is 6.17. The summed E-state index contributed by atoms with van der Waals surface area (Å²) in [6.07, 6.45) is 5.33. The summed E-state index contributed by atoms with van der Waals surface area (Å²) in [5, 5.41) is 0. The molecule has 1 nitrogen and oxygen atoms in total. The van der Waals surface area contributed by atoms with E-state index in [9.17, 15) is 4.79 Å². The Morgan fingerprint density at radius 1 is 1.33 bits per heavy atom. The fraction of sp³-hybridized carbons (Fsp3) is 0.500. The molecular formula is C10H17ClO. The maximum Gasteiger partial charge on any atom is 0.177 e. The van der Waals surface area contributed by atoms with E-state index in [0.29, 0.717) is 5.57 Å². The smallest absolute Gasteiger partial charge is 0.177 e. The van der Waals surface area contributed by atoms with E-state index in [1.807, 2.05) is 33.8 Å². The molecule has 2 heteroatoms. The number of ketones is 1. The van der Waals surface area contributed by atoms with Crippen LogP contribution < -0.4 is 0 Å². The summed E-state index contributed by atoms with van der Waals surface area (Å²) in [6.45, 7) is 7.69. The lowest BCUT2D eigenvalue weighted by Gasteiger charge is -1.93. The second-order valence-electron chi connectivity index (χ2n) is 1.80. The molecule has 0 aliphatic rings. The number of halogens is 1. The Morgan fingerprint density at radius 2 is 1.83 bits per heavy atom. The van der Waals surface area contributed by atoms with E-state index in [1.54, 1.807) is 12.2 Å². The number of hydrogen-bond acceptors (Lipinski definition) is 1. The number of hydrogen-bond donors (Lipinski definition) is 0. The van der Waals surface area contributed by atoms with E-state index in [-0.39, 0.29) is 11.7 Å². The summed E-state index contributed by atoms with van der Waals surface area (Å²) in [5.41, 5.74) is 0.678. The van der Waals surface area contributed by atoms with Crippen molar-refractivity contribution in [3.63, 3.8) is 0 Å². The maximum absolute atomic E-state index is 10.9. The first kappa shape index (κ1) is 14.0. The normalized spacial score (nSPS) is 10.9. The zero-order valence-electron chi connectivity index (χ0n) is 8.23. The monoisotopic (exact) mass is 188 g/mol. The van der Waals surface area contributed by atoms with Crippen LogP contribution in [0.4, 0.5) is 0 Å². The van der Waals surface area contributed by atoms with Gasteiger partial charge in [-0.3, -0.25) is 4.79 Å². The first-order valence-electron chi connectivity index (χ1n) is 4.14. The lowest BCUT2D eigenvalue weighted by atomic mass is 10.1. The Morgan fingerprint density at radius 3 is 2.08 bits per heavy atom. The van der Waals surface area contributed by atoms with Crippen molar-refractivity contribution < 1.29 is 4.79 Å². The molecule has 0 fully saturated rings. The zero-order valence-corrected chi connectivity index (χ0v) is 8.98. The number of carbonyl (C=O) groups excluding carboxylic acids is 1. The lowest BCUT2D eigenvalue weighted by molar-refractivity contribution is -0.113. The standard InChI is InChI=1S/C8H11ClO.C2H6/c1-3-5-7(4-2)8(10)6-9;1-2/h3-5H,6H2,1-2H3;1-2H3/b5-3-,7-4+;. The number of Topliss-reactive ketones (excluding diaryl/α,β-unsaturated/α-hetero) is 1. The Labute approximate surface area is 80.1 Å². The van der Waals surface area contributed by atoms with Crippen LogP contribution in [0.5, 0.6) is 0 Å². The van der Waals surface area contributed by atoms with Crippen molar-refractivity contribution in [3.8, 4) is 0 Å². The quantitative estimate of drug-likeness (QED) is 0.377. The molecule has 0 atom stereocenters. The van der Waals surface area contributed by atoms with Crippen LogP contribution in [0.15, 0.2) is 23.8 Å². The average Bonchev–Trinajstić information content (AvgIpc) is 2.16. The van der Waals surface area contributed by atoms with Gasteiger partial charge in [0.1, 0.15) is 0 Å². The maximum atomic E-state index is 10.9. The molecule has 70 valence electrons.